The molecule has 0 saturated heterocycles. The molecule has 0 aliphatic rings. The first kappa shape index (κ1) is 15.3. The zero-order chi connectivity index (χ0) is 14.4. The Morgan fingerprint density at radius 1 is 1.15 bits per heavy atom. The average molecular weight is 336 g/mol. The highest BCUT2D eigenvalue weighted by Crippen LogP contribution is 2.25. The van der Waals surface area contributed by atoms with E-state index in [2.05, 4.69) is 71.5 Å². The highest BCUT2D eigenvalue weighted by atomic mass is 79.9. The molecule has 0 radical (unpaired) electrons. The molecule has 2 rings (SSSR count). The minimum atomic E-state index is 0.251. The molecule has 0 saturated carbocycles. The van der Waals surface area contributed by atoms with Crippen LogP contribution in [0, 0.1) is 0 Å². The van der Waals surface area contributed by atoms with Crippen molar-refractivity contribution in [2.45, 2.75) is 32.8 Å². The van der Waals surface area contributed by atoms with Crippen LogP contribution < -0.4 is 10.1 Å². The second-order valence-electron chi connectivity index (χ2n) is 5.08. The predicted molar refractivity (Wildman–Crippen MR) is 89.5 cm³/mol. The lowest BCUT2D eigenvalue weighted by Crippen LogP contribution is -2.18. The summed E-state index contributed by atoms with van der Waals surface area (Å²) in [6.45, 7) is 6.37. The van der Waals surface area contributed by atoms with Crippen LogP contribution in [0.5, 0.6) is 5.75 Å². The van der Waals surface area contributed by atoms with Gasteiger partial charge in [-0.25, -0.2) is 0 Å². The molecule has 0 amide bonds. The molecular weight excluding hydrogens is 314 g/mol. The van der Waals surface area contributed by atoms with Crippen LogP contribution in [0.1, 0.15) is 26.7 Å². The lowest BCUT2D eigenvalue weighted by atomic mass is 10.1. The van der Waals surface area contributed by atoms with E-state index in [0.29, 0.717) is 0 Å². The van der Waals surface area contributed by atoms with Crippen LogP contribution in [-0.2, 0) is 0 Å². The number of ether oxygens (including phenoxy) is 1. The van der Waals surface area contributed by atoms with E-state index in [9.17, 15) is 0 Å². The van der Waals surface area contributed by atoms with Crippen molar-refractivity contribution in [2.24, 2.45) is 0 Å². The Kier molecular flexibility index (Phi) is 5.86. The first-order chi connectivity index (χ1) is 9.69. The average Bonchev–Trinajstić information content (AvgIpc) is 2.44. The molecule has 0 aromatic heterocycles. The Hall–Kier alpha value is -1.06. The topological polar surface area (TPSA) is 21.3 Å². The molecule has 3 heteroatoms. The summed E-state index contributed by atoms with van der Waals surface area (Å²) in [6.07, 6.45) is 2.47. The van der Waals surface area contributed by atoms with E-state index in [1.54, 1.807) is 0 Å². The van der Waals surface area contributed by atoms with E-state index >= 15 is 0 Å². The number of fused-ring (bicyclic) bond motifs is 1. The summed E-state index contributed by atoms with van der Waals surface area (Å²) < 4.78 is 7.10. The predicted octanol–water partition coefficient (Wildman–Crippen LogP) is 4.76. The summed E-state index contributed by atoms with van der Waals surface area (Å²) in [4.78, 5) is 0. The van der Waals surface area contributed by atoms with Crippen molar-refractivity contribution in [3.05, 3.63) is 40.9 Å². The van der Waals surface area contributed by atoms with Gasteiger partial charge in [-0.3, -0.25) is 0 Å². The summed E-state index contributed by atoms with van der Waals surface area (Å²) in [5.41, 5.74) is 0. The zero-order valence-electron chi connectivity index (χ0n) is 12.2. The lowest BCUT2D eigenvalue weighted by Gasteiger charge is -2.15. The fraction of sp³-hybridized carbons (Fsp3) is 0.412. The van der Waals surface area contributed by atoms with Crippen LogP contribution >= 0.6 is 15.9 Å². The van der Waals surface area contributed by atoms with Crippen LogP contribution in [0.2, 0.25) is 0 Å². The number of hydrogen-bond acceptors (Lipinski definition) is 2. The first-order valence-electron chi connectivity index (χ1n) is 7.25. The first-order valence-corrected chi connectivity index (χ1v) is 8.05. The SMILES string of the molecule is CCNCCCC(C)Oc1ccc2cc(Br)ccc2c1. The van der Waals surface area contributed by atoms with Crippen molar-refractivity contribution in [1.82, 2.24) is 5.32 Å². The smallest absolute Gasteiger partial charge is 0.120 e. The lowest BCUT2D eigenvalue weighted by molar-refractivity contribution is 0.208. The van der Waals surface area contributed by atoms with E-state index in [-0.39, 0.29) is 6.10 Å². The van der Waals surface area contributed by atoms with E-state index in [0.717, 1.165) is 36.2 Å². The number of rotatable bonds is 7. The fourth-order valence-corrected chi connectivity index (χ4v) is 2.63. The molecule has 0 aliphatic heterocycles. The summed E-state index contributed by atoms with van der Waals surface area (Å²) in [5, 5.41) is 5.78. The van der Waals surface area contributed by atoms with Crippen LogP contribution in [0.4, 0.5) is 0 Å². The summed E-state index contributed by atoms with van der Waals surface area (Å²) >= 11 is 3.50. The third-order valence-corrected chi connectivity index (χ3v) is 3.82. The van der Waals surface area contributed by atoms with E-state index in [4.69, 9.17) is 4.74 Å². The fourth-order valence-electron chi connectivity index (χ4n) is 2.25. The van der Waals surface area contributed by atoms with Gasteiger partial charge in [-0.2, -0.15) is 0 Å². The van der Waals surface area contributed by atoms with Crippen molar-refractivity contribution in [3.63, 3.8) is 0 Å². The zero-order valence-corrected chi connectivity index (χ0v) is 13.7. The number of benzene rings is 2. The van der Waals surface area contributed by atoms with Crippen LogP contribution in [0.15, 0.2) is 40.9 Å². The van der Waals surface area contributed by atoms with Gasteiger partial charge in [-0.1, -0.05) is 35.0 Å². The number of halogens is 1. The summed E-state index contributed by atoms with van der Waals surface area (Å²) in [5.74, 6) is 0.954. The Morgan fingerprint density at radius 3 is 2.70 bits per heavy atom. The molecule has 0 spiro atoms. The van der Waals surface area contributed by atoms with Gasteiger partial charge in [-0.15, -0.1) is 0 Å². The molecule has 2 aromatic rings. The van der Waals surface area contributed by atoms with Crippen molar-refractivity contribution >= 4 is 26.7 Å². The van der Waals surface area contributed by atoms with Gasteiger partial charge in [0.15, 0.2) is 0 Å². The third-order valence-electron chi connectivity index (χ3n) is 3.33. The van der Waals surface area contributed by atoms with Crippen molar-refractivity contribution in [2.75, 3.05) is 13.1 Å². The molecule has 108 valence electrons. The quantitative estimate of drug-likeness (QED) is 0.736. The number of nitrogens with one attached hydrogen (secondary N) is 1. The standard InChI is InChI=1S/C17H22BrNO/c1-3-19-10-4-5-13(2)20-17-9-7-14-11-16(18)8-6-15(14)12-17/h6-9,11-13,19H,3-5,10H2,1-2H3. The molecule has 20 heavy (non-hydrogen) atoms. The van der Waals surface area contributed by atoms with Crippen molar-refractivity contribution in [1.29, 1.82) is 0 Å². The second kappa shape index (κ2) is 7.65. The summed E-state index contributed by atoms with van der Waals surface area (Å²) in [6, 6.07) is 12.6. The Bertz CT molecular complexity index is 556. The summed E-state index contributed by atoms with van der Waals surface area (Å²) in [7, 11) is 0. The monoisotopic (exact) mass is 335 g/mol. The van der Waals surface area contributed by atoms with Crippen molar-refractivity contribution < 1.29 is 4.74 Å². The highest BCUT2D eigenvalue weighted by Gasteiger charge is 2.05. The van der Waals surface area contributed by atoms with Gasteiger partial charge in [0.05, 0.1) is 6.10 Å². The molecule has 0 aliphatic carbocycles. The van der Waals surface area contributed by atoms with E-state index < -0.39 is 0 Å². The number of hydrogen-bond donors (Lipinski definition) is 1. The molecule has 1 N–H and O–H groups in total. The Labute approximate surface area is 129 Å². The molecular formula is C17H22BrNO. The molecule has 1 atom stereocenters. The molecule has 1 unspecified atom stereocenters. The minimum Gasteiger partial charge on any atom is -0.491 e. The largest absolute Gasteiger partial charge is 0.491 e. The molecule has 0 bridgehead atoms. The molecule has 2 nitrogen and oxygen atoms in total. The van der Waals surface area contributed by atoms with Gasteiger partial charge < -0.3 is 10.1 Å². The van der Waals surface area contributed by atoms with Gasteiger partial charge in [-0.05, 0) is 67.9 Å². The Morgan fingerprint density at radius 2 is 1.90 bits per heavy atom. The van der Waals surface area contributed by atoms with E-state index in [1.165, 1.54) is 10.8 Å². The van der Waals surface area contributed by atoms with Crippen LogP contribution in [-0.4, -0.2) is 19.2 Å². The van der Waals surface area contributed by atoms with Crippen LogP contribution in [0.3, 0.4) is 0 Å². The van der Waals surface area contributed by atoms with Gasteiger partial charge in [0.25, 0.3) is 0 Å². The van der Waals surface area contributed by atoms with Gasteiger partial charge in [0, 0.05) is 4.47 Å². The van der Waals surface area contributed by atoms with Gasteiger partial charge in [0.2, 0.25) is 0 Å². The molecule has 2 aromatic carbocycles. The maximum atomic E-state index is 5.99. The van der Waals surface area contributed by atoms with Crippen LogP contribution in [0.25, 0.3) is 10.8 Å². The minimum absolute atomic E-state index is 0.251. The van der Waals surface area contributed by atoms with Crippen molar-refractivity contribution in [3.8, 4) is 5.75 Å². The maximum Gasteiger partial charge on any atom is 0.120 e. The molecule has 0 heterocycles. The normalized spacial score (nSPS) is 12.6. The Balaban J connectivity index is 1.94. The second-order valence-corrected chi connectivity index (χ2v) is 5.99. The molecule has 0 fully saturated rings. The van der Waals surface area contributed by atoms with Gasteiger partial charge in [0.1, 0.15) is 5.75 Å². The highest BCUT2D eigenvalue weighted by molar-refractivity contribution is 9.10. The van der Waals surface area contributed by atoms with Gasteiger partial charge >= 0.3 is 0 Å². The maximum absolute atomic E-state index is 5.99. The van der Waals surface area contributed by atoms with E-state index in [1.807, 2.05) is 0 Å². The third kappa shape index (κ3) is 4.50.